The molecule has 4 rings (SSSR count). The predicted octanol–water partition coefficient (Wildman–Crippen LogP) is 4.09. The Morgan fingerprint density at radius 3 is 2.62 bits per heavy atom. The molecule has 0 aliphatic carbocycles. The molecule has 1 fully saturated rings. The van der Waals surface area contributed by atoms with E-state index in [0.717, 1.165) is 27.4 Å². The van der Waals surface area contributed by atoms with Crippen molar-refractivity contribution in [1.82, 2.24) is 15.2 Å². The first-order chi connectivity index (χ1) is 13.9. The average Bonchev–Trinajstić information content (AvgIpc) is 3.27. The Kier molecular flexibility index (Phi) is 4.84. The van der Waals surface area contributed by atoms with Gasteiger partial charge in [0.2, 0.25) is 0 Å². The lowest BCUT2D eigenvalue weighted by Crippen LogP contribution is -2.41. The van der Waals surface area contributed by atoms with Crippen LogP contribution in [0.5, 0.6) is 5.75 Å². The number of thiazole rings is 1. The zero-order valence-electron chi connectivity index (χ0n) is 16.4. The highest BCUT2D eigenvalue weighted by molar-refractivity contribution is 7.13. The van der Waals surface area contributed by atoms with E-state index in [1.165, 1.54) is 16.2 Å². The second-order valence-electron chi connectivity index (χ2n) is 7.11. The van der Waals surface area contributed by atoms with Gasteiger partial charge in [0.05, 0.1) is 24.9 Å². The number of para-hydroxylation sites is 1. The van der Waals surface area contributed by atoms with Gasteiger partial charge in [-0.3, -0.25) is 9.69 Å². The Labute approximate surface area is 173 Å². The third-order valence-corrected chi connectivity index (χ3v) is 6.09. The van der Waals surface area contributed by atoms with Crippen molar-refractivity contribution in [2.45, 2.75) is 25.9 Å². The summed E-state index contributed by atoms with van der Waals surface area (Å²) in [4.78, 5) is 31.6. The Balaban J connectivity index is 1.60. The van der Waals surface area contributed by atoms with Crippen LogP contribution < -0.4 is 10.1 Å². The van der Waals surface area contributed by atoms with Crippen LogP contribution in [0.2, 0.25) is 0 Å². The molecule has 0 radical (unpaired) electrons. The Morgan fingerprint density at radius 2 is 1.86 bits per heavy atom. The number of amides is 3. The SMILES string of the molecule is COc1ccccc1-c1nc(CN2C(=O)NC(C)(c3ccccc3C)C2=O)cs1. The van der Waals surface area contributed by atoms with Crippen LogP contribution in [0.1, 0.15) is 23.7 Å². The van der Waals surface area contributed by atoms with E-state index >= 15 is 0 Å². The summed E-state index contributed by atoms with van der Waals surface area (Å²) in [5, 5.41) is 5.51. The quantitative estimate of drug-likeness (QED) is 0.647. The first-order valence-electron chi connectivity index (χ1n) is 9.22. The lowest BCUT2D eigenvalue weighted by atomic mass is 9.88. The fraction of sp³-hybridized carbons (Fsp3) is 0.227. The number of aromatic nitrogens is 1. The monoisotopic (exact) mass is 407 g/mol. The summed E-state index contributed by atoms with van der Waals surface area (Å²) in [7, 11) is 1.62. The molecule has 7 heteroatoms. The average molecular weight is 407 g/mol. The van der Waals surface area contributed by atoms with Crippen LogP contribution in [-0.2, 0) is 16.9 Å². The highest BCUT2D eigenvalue weighted by atomic mass is 32.1. The van der Waals surface area contributed by atoms with Crippen molar-refractivity contribution in [2.75, 3.05) is 7.11 Å². The molecule has 2 aromatic carbocycles. The molecule has 1 aromatic heterocycles. The molecule has 1 aliphatic heterocycles. The third-order valence-electron chi connectivity index (χ3n) is 5.17. The lowest BCUT2D eigenvalue weighted by Gasteiger charge is -2.24. The number of carbonyl (C=O) groups excluding carboxylic acids is 2. The highest BCUT2D eigenvalue weighted by Crippen LogP contribution is 2.34. The number of hydrogen-bond acceptors (Lipinski definition) is 5. The number of nitrogens with zero attached hydrogens (tertiary/aromatic N) is 2. The number of nitrogens with one attached hydrogen (secondary N) is 1. The van der Waals surface area contributed by atoms with Gasteiger partial charge >= 0.3 is 6.03 Å². The van der Waals surface area contributed by atoms with Gasteiger partial charge in [0.15, 0.2) is 0 Å². The number of urea groups is 1. The molecule has 0 spiro atoms. The van der Waals surface area contributed by atoms with Crippen molar-refractivity contribution in [3.05, 3.63) is 70.7 Å². The smallest absolute Gasteiger partial charge is 0.325 e. The van der Waals surface area contributed by atoms with E-state index in [-0.39, 0.29) is 12.5 Å². The van der Waals surface area contributed by atoms with E-state index in [1.807, 2.05) is 60.8 Å². The molecule has 1 unspecified atom stereocenters. The Bertz CT molecular complexity index is 1090. The van der Waals surface area contributed by atoms with Crippen LogP contribution in [0, 0.1) is 6.92 Å². The number of methoxy groups -OCH3 is 1. The van der Waals surface area contributed by atoms with E-state index in [9.17, 15) is 9.59 Å². The Morgan fingerprint density at radius 1 is 1.14 bits per heavy atom. The number of hydrogen-bond donors (Lipinski definition) is 1. The summed E-state index contributed by atoms with van der Waals surface area (Å²) in [6.45, 7) is 3.80. The van der Waals surface area contributed by atoms with E-state index in [0.29, 0.717) is 5.69 Å². The maximum absolute atomic E-state index is 13.2. The maximum atomic E-state index is 13.2. The van der Waals surface area contributed by atoms with Crippen molar-refractivity contribution in [3.8, 4) is 16.3 Å². The van der Waals surface area contributed by atoms with Crippen LogP contribution in [0.3, 0.4) is 0 Å². The molecule has 1 atom stereocenters. The molecular formula is C22H21N3O3S. The summed E-state index contributed by atoms with van der Waals surface area (Å²) in [5.74, 6) is 0.458. The zero-order valence-corrected chi connectivity index (χ0v) is 17.2. The highest BCUT2D eigenvalue weighted by Gasteiger charge is 2.49. The normalized spacial score (nSPS) is 18.8. The molecule has 29 heavy (non-hydrogen) atoms. The number of aryl methyl sites for hydroxylation is 1. The largest absolute Gasteiger partial charge is 0.496 e. The van der Waals surface area contributed by atoms with Crippen LogP contribution in [0.15, 0.2) is 53.9 Å². The molecular weight excluding hydrogens is 386 g/mol. The molecule has 0 saturated carbocycles. The van der Waals surface area contributed by atoms with Crippen molar-refractivity contribution in [2.24, 2.45) is 0 Å². The van der Waals surface area contributed by atoms with Crippen molar-refractivity contribution in [1.29, 1.82) is 0 Å². The molecule has 0 bridgehead atoms. The Hall–Kier alpha value is -3.19. The molecule has 148 valence electrons. The number of imide groups is 1. The summed E-state index contributed by atoms with van der Waals surface area (Å²) in [6.07, 6.45) is 0. The fourth-order valence-corrected chi connectivity index (χ4v) is 4.48. The summed E-state index contributed by atoms with van der Waals surface area (Å²) >= 11 is 1.46. The standard InChI is InChI=1S/C22H21N3O3S/c1-14-8-4-6-10-17(14)22(2)20(26)25(21(27)24-22)12-15-13-29-19(23-15)16-9-5-7-11-18(16)28-3/h4-11,13H,12H2,1-3H3,(H,24,27). The van der Waals surface area contributed by atoms with E-state index in [2.05, 4.69) is 10.3 Å². The van der Waals surface area contributed by atoms with Crippen LogP contribution in [-0.4, -0.2) is 28.9 Å². The van der Waals surface area contributed by atoms with Gasteiger partial charge in [-0.1, -0.05) is 36.4 Å². The molecule has 1 aliphatic rings. The minimum Gasteiger partial charge on any atom is -0.496 e. The predicted molar refractivity (Wildman–Crippen MR) is 112 cm³/mol. The van der Waals surface area contributed by atoms with Crippen LogP contribution >= 0.6 is 11.3 Å². The zero-order chi connectivity index (χ0) is 20.6. The van der Waals surface area contributed by atoms with E-state index in [1.54, 1.807) is 14.0 Å². The van der Waals surface area contributed by atoms with Gasteiger partial charge in [0.1, 0.15) is 16.3 Å². The summed E-state index contributed by atoms with van der Waals surface area (Å²) < 4.78 is 5.40. The van der Waals surface area contributed by atoms with Crippen LogP contribution in [0.25, 0.3) is 10.6 Å². The molecule has 3 aromatic rings. The van der Waals surface area contributed by atoms with Gasteiger partial charge in [0.25, 0.3) is 5.91 Å². The van der Waals surface area contributed by atoms with Gasteiger partial charge in [-0.05, 0) is 37.1 Å². The van der Waals surface area contributed by atoms with Gasteiger partial charge in [-0.15, -0.1) is 11.3 Å². The lowest BCUT2D eigenvalue weighted by molar-refractivity contribution is -0.131. The summed E-state index contributed by atoms with van der Waals surface area (Å²) in [6, 6.07) is 14.8. The van der Waals surface area contributed by atoms with Crippen molar-refractivity contribution in [3.63, 3.8) is 0 Å². The molecule has 2 heterocycles. The minimum atomic E-state index is -1.08. The number of benzene rings is 2. The molecule has 6 nitrogen and oxygen atoms in total. The molecule has 3 amide bonds. The molecule has 1 N–H and O–H groups in total. The van der Waals surface area contributed by atoms with E-state index in [4.69, 9.17) is 4.74 Å². The van der Waals surface area contributed by atoms with Crippen molar-refractivity contribution < 1.29 is 14.3 Å². The number of ether oxygens (including phenoxy) is 1. The first kappa shape index (κ1) is 19.1. The topological polar surface area (TPSA) is 71.5 Å². The fourth-order valence-electron chi connectivity index (χ4n) is 3.64. The summed E-state index contributed by atoms with van der Waals surface area (Å²) in [5.41, 5.74) is 2.22. The number of rotatable bonds is 5. The van der Waals surface area contributed by atoms with Gasteiger partial charge in [-0.25, -0.2) is 9.78 Å². The third kappa shape index (κ3) is 3.27. The second kappa shape index (κ2) is 7.33. The minimum absolute atomic E-state index is 0.123. The molecule has 1 saturated heterocycles. The van der Waals surface area contributed by atoms with Crippen LogP contribution in [0.4, 0.5) is 4.79 Å². The van der Waals surface area contributed by atoms with Gasteiger partial charge in [-0.2, -0.15) is 0 Å². The van der Waals surface area contributed by atoms with Gasteiger partial charge < -0.3 is 10.1 Å². The first-order valence-corrected chi connectivity index (χ1v) is 10.1. The van der Waals surface area contributed by atoms with Crippen molar-refractivity contribution >= 4 is 23.3 Å². The number of carbonyl (C=O) groups is 2. The second-order valence-corrected chi connectivity index (χ2v) is 7.96. The van der Waals surface area contributed by atoms with Gasteiger partial charge in [0, 0.05) is 5.38 Å². The van der Waals surface area contributed by atoms with E-state index < -0.39 is 11.6 Å². The maximum Gasteiger partial charge on any atom is 0.325 e.